The Morgan fingerprint density at radius 3 is 1.56 bits per heavy atom. The molecule has 9 heteroatoms. The molecule has 2 atom stereocenters. The maximum atomic E-state index is 12.7. The largest absolute Gasteiger partial charge is 0.472 e. The van der Waals surface area contributed by atoms with E-state index in [1.54, 1.807) is 0 Å². The first-order valence-electron chi connectivity index (χ1n) is 22.0. The highest BCUT2D eigenvalue weighted by Crippen LogP contribution is 2.43. The Balaban J connectivity index is 4.31. The van der Waals surface area contributed by atoms with Gasteiger partial charge in [-0.3, -0.25) is 13.8 Å². The molecule has 0 aliphatic carbocycles. The van der Waals surface area contributed by atoms with Gasteiger partial charge in [0.2, 0.25) is 0 Å². The number of carbonyl (C=O) groups is 1. The van der Waals surface area contributed by atoms with E-state index in [1.165, 1.54) is 77.0 Å². The standard InChI is InChI=1S/C46H84NO7P/c1-6-8-10-12-14-16-18-20-22-23-24-25-26-27-29-31-33-35-37-39-46(48)54-45(44-53-55(49,50)52-42-40-47(3,4)5)43-51-41-38-36-34-32-30-28-21-19-17-15-13-11-9-7-2/h8,10,14,16,20,22,24-25,27,29,45H,6-7,9,11-13,15,17-19,21,23,26,28,30-44H2,1-5H3/p+1/b10-8-,16-14-,22-20-,25-24-,29-27-. The van der Waals surface area contributed by atoms with E-state index in [-0.39, 0.29) is 32.2 Å². The molecule has 0 amide bonds. The van der Waals surface area contributed by atoms with Gasteiger partial charge in [-0.2, -0.15) is 0 Å². The zero-order valence-electron chi connectivity index (χ0n) is 36.1. The van der Waals surface area contributed by atoms with Gasteiger partial charge in [0, 0.05) is 13.0 Å². The van der Waals surface area contributed by atoms with Crippen LogP contribution in [0.4, 0.5) is 0 Å². The molecule has 55 heavy (non-hydrogen) atoms. The molecule has 0 spiro atoms. The normalized spacial score (nSPS) is 14.4. The summed E-state index contributed by atoms with van der Waals surface area (Å²) in [6, 6.07) is 0. The molecule has 0 rings (SSSR count). The third-order valence-electron chi connectivity index (χ3n) is 9.09. The lowest BCUT2D eigenvalue weighted by Gasteiger charge is -2.24. The predicted molar refractivity (Wildman–Crippen MR) is 233 cm³/mol. The Labute approximate surface area is 339 Å². The number of carbonyl (C=O) groups excluding carboxylic acids is 1. The summed E-state index contributed by atoms with van der Waals surface area (Å²) in [5.74, 6) is -0.345. The highest BCUT2D eigenvalue weighted by molar-refractivity contribution is 7.47. The lowest BCUT2D eigenvalue weighted by molar-refractivity contribution is -0.870. The topological polar surface area (TPSA) is 91.3 Å². The average molecular weight is 795 g/mol. The number of hydrogen-bond donors (Lipinski definition) is 1. The fourth-order valence-electron chi connectivity index (χ4n) is 5.70. The van der Waals surface area contributed by atoms with Gasteiger partial charge in [-0.15, -0.1) is 0 Å². The van der Waals surface area contributed by atoms with Crippen molar-refractivity contribution in [2.75, 3.05) is 54.1 Å². The first kappa shape index (κ1) is 53.2. The van der Waals surface area contributed by atoms with E-state index in [9.17, 15) is 14.3 Å². The molecule has 0 aromatic carbocycles. The monoisotopic (exact) mass is 795 g/mol. The van der Waals surface area contributed by atoms with Crippen molar-refractivity contribution in [3.63, 3.8) is 0 Å². The number of hydrogen-bond acceptors (Lipinski definition) is 6. The van der Waals surface area contributed by atoms with Gasteiger partial charge < -0.3 is 18.9 Å². The molecule has 320 valence electrons. The van der Waals surface area contributed by atoms with Crippen LogP contribution in [-0.4, -0.2) is 75.6 Å². The molecule has 0 aromatic heterocycles. The van der Waals surface area contributed by atoms with Crippen LogP contribution in [0.15, 0.2) is 60.8 Å². The van der Waals surface area contributed by atoms with E-state index in [0.29, 0.717) is 17.6 Å². The number of unbranched alkanes of at least 4 members (excludes halogenated alkanes) is 16. The molecule has 0 saturated carbocycles. The van der Waals surface area contributed by atoms with Gasteiger partial charge in [0.15, 0.2) is 0 Å². The minimum Gasteiger partial charge on any atom is -0.457 e. The lowest BCUT2D eigenvalue weighted by Crippen LogP contribution is -2.37. The molecule has 0 fully saturated rings. The Morgan fingerprint density at radius 2 is 1.05 bits per heavy atom. The SMILES string of the molecule is CC/C=C\C/C=C\C/C=C\C/C=C\C/C=C\CCCCCC(=O)OC(COCCCCCCCCCCCCCCCC)COP(=O)(O)OCC[N+](C)(C)C. The van der Waals surface area contributed by atoms with Crippen molar-refractivity contribution in [3.05, 3.63) is 60.8 Å². The minimum absolute atomic E-state index is 0.0803. The summed E-state index contributed by atoms with van der Waals surface area (Å²) in [6.07, 6.45) is 48.2. The Hall–Kier alpha value is -1.80. The average Bonchev–Trinajstić information content (AvgIpc) is 3.13. The van der Waals surface area contributed by atoms with E-state index < -0.39 is 13.9 Å². The van der Waals surface area contributed by atoms with Crippen LogP contribution in [0.5, 0.6) is 0 Å². The minimum atomic E-state index is -4.28. The van der Waals surface area contributed by atoms with Crippen LogP contribution in [0, 0.1) is 0 Å². The van der Waals surface area contributed by atoms with Gasteiger partial charge >= 0.3 is 13.8 Å². The first-order chi connectivity index (χ1) is 26.6. The first-order valence-corrected chi connectivity index (χ1v) is 23.5. The van der Waals surface area contributed by atoms with Crippen molar-refractivity contribution in [3.8, 4) is 0 Å². The van der Waals surface area contributed by atoms with Crippen molar-refractivity contribution in [2.24, 2.45) is 0 Å². The molecule has 0 bridgehead atoms. The second kappa shape index (κ2) is 39.0. The molecule has 2 unspecified atom stereocenters. The molecular weight excluding hydrogens is 709 g/mol. The maximum absolute atomic E-state index is 12.7. The van der Waals surface area contributed by atoms with Crippen molar-refractivity contribution in [1.29, 1.82) is 0 Å². The van der Waals surface area contributed by atoms with Crippen LogP contribution >= 0.6 is 7.82 Å². The van der Waals surface area contributed by atoms with Crippen LogP contribution in [0.2, 0.25) is 0 Å². The van der Waals surface area contributed by atoms with Gasteiger partial charge in [-0.1, -0.05) is 164 Å². The van der Waals surface area contributed by atoms with Gasteiger partial charge in [-0.05, 0) is 57.8 Å². The summed E-state index contributed by atoms with van der Waals surface area (Å²) >= 11 is 0. The zero-order chi connectivity index (χ0) is 40.6. The molecule has 8 nitrogen and oxygen atoms in total. The number of likely N-dealkylation sites (N-methyl/N-ethyl adjacent to an activating group) is 1. The van der Waals surface area contributed by atoms with Gasteiger partial charge in [0.1, 0.15) is 19.3 Å². The van der Waals surface area contributed by atoms with Crippen LogP contribution in [-0.2, 0) is 27.9 Å². The molecule has 0 heterocycles. The smallest absolute Gasteiger partial charge is 0.457 e. The van der Waals surface area contributed by atoms with E-state index in [2.05, 4.69) is 74.6 Å². The highest BCUT2D eigenvalue weighted by Gasteiger charge is 2.26. The fourth-order valence-corrected chi connectivity index (χ4v) is 6.44. The number of nitrogens with zero attached hydrogens (tertiary/aromatic N) is 1. The number of rotatable bonds is 40. The molecular formula is C46H85NO7P+. The molecule has 0 radical (unpaired) electrons. The van der Waals surface area contributed by atoms with E-state index in [4.69, 9.17) is 18.5 Å². The van der Waals surface area contributed by atoms with Gasteiger partial charge in [0.05, 0.1) is 34.4 Å². The van der Waals surface area contributed by atoms with Crippen molar-refractivity contribution < 1.29 is 37.3 Å². The number of allylic oxidation sites excluding steroid dienone is 10. The molecule has 0 saturated heterocycles. The Morgan fingerprint density at radius 1 is 0.582 bits per heavy atom. The summed E-state index contributed by atoms with van der Waals surface area (Å²) in [4.78, 5) is 22.9. The lowest BCUT2D eigenvalue weighted by atomic mass is 10.0. The van der Waals surface area contributed by atoms with Crippen LogP contribution in [0.25, 0.3) is 0 Å². The number of esters is 1. The van der Waals surface area contributed by atoms with Crippen LogP contribution in [0.3, 0.4) is 0 Å². The quantitative estimate of drug-likeness (QED) is 0.0217. The highest BCUT2D eigenvalue weighted by atomic mass is 31.2. The summed E-state index contributed by atoms with van der Waals surface area (Å²) < 4.78 is 35.0. The summed E-state index contributed by atoms with van der Waals surface area (Å²) in [7, 11) is 1.64. The Bertz CT molecular complexity index is 1060. The van der Waals surface area contributed by atoms with Gasteiger partial charge in [0.25, 0.3) is 0 Å². The second-order valence-electron chi connectivity index (χ2n) is 15.7. The van der Waals surface area contributed by atoms with Crippen molar-refractivity contribution in [2.45, 2.75) is 174 Å². The third-order valence-corrected chi connectivity index (χ3v) is 10.1. The Kier molecular flexibility index (Phi) is 37.8. The maximum Gasteiger partial charge on any atom is 0.472 e. The molecule has 0 aromatic rings. The number of phosphoric acid groups is 1. The molecule has 0 aliphatic heterocycles. The third kappa shape index (κ3) is 43.2. The molecule has 1 N–H and O–H groups in total. The number of ether oxygens (including phenoxy) is 2. The number of phosphoric ester groups is 1. The summed E-state index contributed by atoms with van der Waals surface area (Å²) in [6.45, 7) is 5.46. The van der Waals surface area contributed by atoms with Crippen LogP contribution < -0.4 is 0 Å². The van der Waals surface area contributed by atoms with Gasteiger partial charge in [-0.25, -0.2) is 4.57 Å². The van der Waals surface area contributed by atoms with E-state index in [0.717, 1.165) is 70.6 Å². The predicted octanol–water partition coefficient (Wildman–Crippen LogP) is 12.9. The van der Waals surface area contributed by atoms with Crippen molar-refractivity contribution >= 4 is 13.8 Å². The second-order valence-corrected chi connectivity index (χ2v) is 17.2. The van der Waals surface area contributed by atoms with E-state index in [1.807, 2.05) is 21.1 Å². The van der Waals surface area contributed by atoms with Crippen LogP contribution in [0.1, 0.15) is 168 Å². The van der Waals surface area contributed by atoms with Crippen molar-refractivity contribution in [1.82, 2.24) is 0 Å². The summed E-state index contributed by atoms with van der Waals surface area (Å²) in [5.41, 5.74) is 0. The number of quaternary nitrogens is 1. The zero-order valence-corrected chi connectivity index (χ0v) is 37.0. The van der Waals surface area contributed by atoms with E-state index >= 15 is 0 Å². The molecule has 0 aliphatic rings. The fraction of sp³-hybridized carbons (Fsp3) is 0.761. The summed E-state index contributed by atoms with van der Waals surface area (Å²) in [5, 5.41) is 0.